The maximum absolute atomic E-state index is 12.7. The molecule has 5 nitrogen and oxygen atoms in total. The summed E-state index contributed by atoms with van der Waals surface area (Å²) in [7, 11) is 0. The molecule has 1 aromatic carbocycles. The van der Waals surface area contributed by atoms with Crippen LogP contribution in [0, 0.1) is 6.92 Å². The van der Waals surface area contributed by atoms with Crippen LogP contribution in [0.3, 0.4) is 0 Å². The Labute approximate surface area is 138 Å². The van der Waals surface area contributed by atoms with Gasteiger partial charge in [0.25, 0.3) is 5.91 Å². The number of nitrogen functional groups attached to an aromatic ring is 1. The average Bonchev–Trinajstić information content (AvgIpc) is 3.13. The molecule has 0 radical (unpaired) electrons. The highest BCUT2D eigenvalue weighted by atomic mass is 32.1. The number of hydrogen-bond acceptors (Lipinski definition) is 5. The van der Waals surface area contributed by atoms with Crippen LogP contribution in [-0.2, 0) is 0 Å². The molecule has 6 heteroatoms. The second kappa shape index (κ2) is 6.26. The number of anilines is 1. The minimum Gasteiger partial charge on any atom is -0.367 e. The molecule has 0 aliphatic rings. The molecule has 0 saturated carbocycles. The van der Waals surface area contributed by atoms with Crippen LogP contribution in [0.1, 0.15) is 34.5 Å². The number of rotatable bonds is 4. The molecule has 0 fully saturated rings. The van der Waals surface area contributed by atoms with Gasteiger partial charge in [-0.05, 0) is 36.4 Å². The van der Waals surface area contributed by atoms with Crippen molar-refractivity contribution in [1.82, 2.24) is 10.5 Å². The van der Waals surface area contributed by atoms with Crippen LogP contribution >= 0.6 is 11.3 Å². The average molecular weight is 327 g/mol. The van der Waals surface area contributed by atoms with Crippen molar-refractivity contribution in [2.24, 2.45) is 0 Å². The van der Waals surface area contributed by atoms with E-state index in [0.717, 1.165) is 16.0 Å². The molecule has 1 atom stereocenters. The van der Waals surface area contributed by atoms with Gasteiger partial charge in [-0.3, -0.25) is 4.79 Å². The predicted octanol–water partition coefficient (Wildman–Crippen LogP) is 3.78. The number of aromatic nitrogens is 1. The summed E-state index contributed by atoms with van der Waals surface area (Å²) in [4.78, 5) is 13.5. The summed E-state index contributed by atoms with van der Waals surface area (Å²) in [6.07, 6.45) is 0. The molecule has 2 aromatic heterocycles. The van der Waals surface area contributed by atoms with E-state index in [1.807, 2.05) is 55.6 Å². The predicted molar refractivity (Wildman–Crippen MR) is 91.3 cm³/mol. The molecule has 0 bridgehead atoms. The number of amides is 1. The van der Waals surface area contributed by atoms with E-state index < -0.39 is 0 Å². The maximum Gasteiger partial charge on any atom is 0.259 e. The summed E-state index contributed by atoms with van der Waals surface area (Å²) >= 11 is 1.50. The molecule has 1 unspecified atom stereocenters. The van der Waals surface area contributed by atoms with Crippen LogP contribution in [0.4, 0.5) is 5.88 Å². The number of nitrogens with one attached hydrogen (secondary N) is 1. The first kappa shape index (κ1) is 15.3. The van der Waals surface area contributed by atoms with Gasteiger partial charge in [-0.1, -0.05) is 35.5 Å². The number of nitrogens with two attached hydrogens (primary N) is 1. The number of hydrogen-bond donors (Lipinski definition) is 2. The third-order valence-corrected chi connectivity index (χ3v) is 4.69. The molecule has 0 spiro atoms. The first-order valence-corrected chi connectivity index (χ1v) is 8.11. The van der Waals surface area contributed by atoms with Gasteiger partial charge in [-0.25, -0.2) is 0 Å². The Hall–Kier alpha value is -2.60. The van der Waals surface area contributed by atoms with E-state index in [2.05, 4.69) is 10.5 Å². The summed E-state index contributed by atoms with van der Waals surface area (Å²) in [5.41, 5.74) is 8.66. The fourth-order valence-electron chi connectivity index (χ4n) is 2.39. The lowest BCUT2D eigenvalue weighted by atomic mass is 10.1. The Morgan fingerprint density at radius 1 is 1.30 bits per heavy atom. The van der Waals surface area contributed by atoms with Gasteiger partial charge in [-0.2, -0.15) is 0 Å². The normalized spacial score (nSPS) is 12.1. The fraction of sp³-hybridized carbons (Fsp3) is 0.176. The van der Waals surface area contributed by atoms with Gasteiger partial charge in [-0.15, -0.1) is 11.3 Å². The van der Waals surface area contributed by atoms with Crippen LogP contribution in [0.15, 0.2) is 46.3 Å². The molecule has 3 aromatic rings. The lowest BCUT2D eigenvalue weighted by Gasteiger charge is -2.14. The van der Waals surface area contributed by atoms with Crippen molar-refractivity contribution in [2.45, 2.75) is 19.9 Å². The van der Waals surface area contributed by atoms with Crippen molar-refractivity contribution in [2.75, 3.05) is 5.73 Å². The Balaban J connectivity index is 1.89. The van der Waals surface area contributed by atoms with Crippen molar-refractivity contribution in [3.8, 4) is 10.6 Å². The Kier molecular flexibility index (Phi) is 4.16. The Bertz CT molecular complexity index is 823. The third-order valence-electron chi connectivity index (χ3n) is 3.67. The highest BCUT2D eigenvalue weighted by Gasteiger charge is 2.25. The van der Waals surface area contributed by atoms with Crippen molar-refractivity contribution in [1.29, 1.82) is 0 Å². The SMILES string of the molecule is Cc1ccsc1-c1noc(N)c1C(=O)NC(C)c1ccccc1. The molecular weight excluding hydrogens is 310 g/mol. The standard InChI is InChI=1S/C17H17N3O2S/c1-10-8-9-23-15(10)14-13(16(18)22-20-14)17(21)19-11(2)12-6-4-3-5-7-12/h3-9,11H,18H2,1-2H3,(H,19,21). The van der Waals surface area contributed by atoms with Crippen molar-refractivity contribution in [3.05, 3.63) is 58.5 Å². The van der Waals surface area contributed by atoms with E-state index in [4.69, 9.17) is 10.3 Å². The first-order valence-electron chi connectivity index (χ1n) is 7.23. The number of aryl methyl sites for hydroxylation is 1. The van der Waals surface area contributed by atoms with Crippen molar-refractivity contribution >= 4 is 23.1 Å². The quantitative estimate of drug-likeness (QED) is 0.764. The van der Waals surface area contributed by atoms with Gasteiger partial charge in [0, 0.05) is 0 Å². The van der Waals surface area contributed by atoms with Crippen molar-refractivity contribution < 1.29 is 9.32 Å². The van der Waals surface area contributed by atoms with Gasteiger partial charge >= 0.3 is 0 Å². The molecule has 3 rings (SSSR count). The number of nitrogens with zero attached hydrogens (tertiary/aromatic N) is 1. The lowest BCUT2D eigenvalue weighted by molar-refractivity contribution is 0.0941. The van der Waals surface area contributed by atoms with Crippen molar-refractivity contribution in [3.63, 3.8) is 0 Å². The van der Waals surface area contributed by atoms with E-state index in [0.29, 0.717) is 11.3 Å². The fourth-order valence-corrected chi connectivity index (χ4v) is 3.30. The van der Waals surface area contributed by atoms with E-state index in [-0.39, 0.29) is 17.8 Å². The third kappa shape index (κ3) is 2.98. The van der Waals surface area contributed by atoms with E-state index in [1.165, 1.54) is 11.3 Å². The van der Waals surface area contributed by atoms with Crippen LogP contribution < -0.4 is 11.1 Å². The molecule has 3 N–H and O–H groups in total. The maximum atomic E-state index is 12.7. The Morgan fingerprint density at radius 3 is 2.70 bits per heavy atom. The topological polar surface area (TPSA) is 81.2 Å². The van der Waals surface area contributed by atoms with E-state index in [1.54, 1.807) is 0 Å². The number of carbonyl (C=O) groups is 1. The molecular formula is C17H17N3O2S. The lowest BCUT2D eigenvalue weighted by Crippen LogP contribution is -2.27. The number of benzene rings is 1. The highest BCUT2D eigenvalue weighted by Crippen LogP contribution is 2.33. The van der Waals surface area contributed by atoms with E-state index >= 15 is 0 Å². The van der Waals surface area contributed by atoms with E-state index in [9.17, 15) is 4.79 Å². The minimum absolute atomic E-state index is 0.0329. The monoisotopic (exact) mass is 327 g/mol. The summed E-state index contributed by atoms with van der Waals surface area (Å²) < 4.78 is 5.06. The minimum atomic E-state index is -0.289. The smallest absolute Gasteiger partial charge is 0.259 e. The van der Waals surface area contributed by atoms with Gasteiger partial charge in [0.15, 0.2) is 0 Å². The summed E-state index contributed by atoms with van der Waals surface area (Å²) in [5.74, 6) is -0.256. The van der Waals surface area contributed by atoms with Gasteiger partial charge in [0.2, 0.25) is 5.88 Å². The largest absolute Gasteiger partial charge is 0.367 e. The van der Waals surface area contributed by atoms with Crippen LogP contribution in [0.5, 0.6) is 0 Å². The second-order valence-electron chi connectivity index (χ2n) is 5.31. The zero-order valence-electron chi connectivity index (χ0n) is 12.9. The summed E-state index contributed by atoms with van der Waals surface area (Å²) in [6.45, 7) is 3.89. The molecule has 118 valence electrons. The Morgan fingerprint density at radius 2 is 2.04 bits per heavy atom. The molecule has 0 aliphatic carbocycles. The molecule has 1 amide bonds. The molecule has 0 saturated heterocycles. The summed E-state index contributed by atoms with van der Waals surface area (Å²) in [5, 5.41) is 8.86. The zero-order chi connectivity index (χ0) is 16.4. The molecule has 23 heavy (non-hydrogen) atoms. The second-order valence-corrected chi connectivity index (χ2v) is 6.23. The van der Waals surface area contributed by atoms with Gasteiger partial charge < -0.3 is 15.6 Å². The van der Waals surface area contributed by atoms with Crippen LogP contribution in [0.2, 0.25) is 0 Å². The van der Waals surface area contributed by atoms with Gasteiger partial charge in [0.05, 0.1) is 10.9 Å². The zero-order valence-corrected chi connectivity index (χ0v) is 13.7. The number of thiophene rings is 1. The van der Waals surface area contributed by atoms with Crippen LogP contribution in [0.25, 0.3) is 10.6 Å². The highest BCUT2D eigenvalue weighted by molar-refractivity contribution is 7.13. The van der Waals surface area contributed by atoms with Crippen LogP contribution in [-0.4, -0.2) is 11.1 Å². The first-order chi connectivity index (χ1) is 11.1. The molecule has 0 aliphatic heterocycles. The molecule has 2 heterocycles. The van der Waals surface area contributed by atoms with Gasteiger partial charge in [0.1, 0.15) is 11.3 Å². The number of carbonyl (C=O) groups excluding carboxylic acids is 1. The summed E-state index contributed by atoms with van der Waals surface area (Å²) in [6, 6.07) is 11.6.